The highest BCUT2D eigenvalue weighted by atomic mass is 79.9. The maximum atomic E-state index is 11.3. The Morgan fingerprint density at radius 2 is 2.31 bits per heavy atom. The molecule has 0 saturated carbocycles. The van der Waals surface area contributed by atoms with E-state index in [4.69, 9.17) is 0 Å². The Balaban J connectivity index is 2.11. The molecule has 1 atom stereocenters. The van der Waals surface area contributed by atoms with Gasteiger partial charge < -0.3 is 5.32 Å². The summed E-state index contributed by atoms with van der Waals surface area (Å²) in [5, 5.41) is 3.15. The molecule has 6 heteroatoms. The SMILES string of the molecule is Cc1cnc(NC2CCS(=O)(=O)C2)c(Br)c1. The Labute approximate surface area is 104 Å². The van der Waals surface area contributed by atoms with Gasteiger partial charge in [-0.1, -0.05) is 0 Å². The number of aromatic nitrogens is 1. The van der Waals surface area contributed by atoms with Crippen LogP contribution in [0.1, 0.15) is 12.0 Å². The first-order valence-corrected chi connectivity index (χ1v) is 7.67. The van der Waals surface area contributed by atoms with Crippen molar-refractivity contribution in [3.63, 3.8) is 0 Å². The van der Waals surface area contributed by atoms with Crippen LogP contribution < -0.4 is 5.32 Å². The number of nitrogens with zero attached hydrogens (tertiary/aromatic N) is 1. The Kier molecular flexibility index (Phi) is 3.21. The monoisotopic (exact) mass is 304 g/mol. The number of sulfone groups is 1. The minimum atomic E-state index is -2.84. The minimum absolute atomic E-state index is 0.0171. The van der Waals surface area contributed by atoms with Gasteiger partial charge in [0.25, 0.3) is 0 Å². The fourth-order valence-corrected chi connectivity index (χ4v) is 3.99. The lowest BCUT2D eigenvalue weighted by Crippen LogP contribution is -2.21. The molecular weight excluding hydrogens is 292 g/mol. The average molecular weight is 305 g/mol. The van der Waals surface area contributed by atoms with Gasteiger partial charge >= 0.3 is 0 Å². The molecule has 16 heavy (non-hydrogen) atoms. The lowest BCUT2D eigenvalue weighted by atomic mass is 10.2. The molecule has 1 aromatic heterocycles. The van der Waals surface area contributed by atoms with E-state index in [-0.39, 0.29) is 17.5 Å². The first kappa shape index (κ1) is 11.9. The number of hydrogen-bond donors (Lipinski definition) is 1. The summed E-state index contributed by atoms with van der Waals surface area (Å²) in [4.78, 5) is 4.24. The number of rotatable bonds is 2. The highest BCUT2D eigenvalue weighted by Gasteiger charge is 2.28. The molecule has 1 aromatic rings. The Hall–Kier alpha value is -0.620. The van der Waals surface area contributed by atoms with Crippen LogP contribution in [-0.2, 0) is 9.84 Å². The normalized spacial score (nSPS) is 23.2. The molecule has 88 valence electrons. The fourth-order valence-electron chi connectivity index (χ4n) is 1.74. The van der Waals surface area contributed by atoms with Gasteiger partial charge in [0.05, 0.1) is 16.0 Å². The summed E-state index contributed by atoms with van der Waals surface area (Å²) < 4.78 is 23.5. The van der Waals surface area contributed by atoms with Crippen LogP contribution in [0.15, 0.2) is 16.7 Å². The van der Waals surface area contributed by atoms with Crippen LogP contribution in [0.5, 0.6) is 0 Å². The van der Waals surface area contributed by atoms with Crippen molar-refractivity contribution in [2.45, 2.75) is 19.4 Å². The van der Waals surface area contributed by atoms with E-state index in [1.165, 1.54) is 0 Å². The molecule has 1 fully saturated rings. The third-order valence-corrected chi connectivity index (χ3v) is 4.92. The van der Waals surface area contributed by atoms with Crippen LogP contribution in [0.2, 0.25) is 0 Å². The van der Waals surface area contributed by atoms with Crippen molar-refractivity contribution in [1.82, 2.24) is 4.98 Å². The van der Waals surface area contributed by atoms with Gasteiger partial charge in [-0.3, -0.25) is 0 Å². The summed E-state index contributed by atoms with van der Waals surface area (Å²) in [5.41, 5.74) is 1.07. The standard InChI is InChI=1S/C10H13BrN2O2S/c1-7-4-9(11)10(12-5-7)13-8-2-3-16(14,15)6-8/h4-5,8H,2-3,6H2,1H3,(H,12,13). The summed E-state index contributed by atoms with van der Waals surface area (Å²) in [6.45, 7) is 1.96. The molecule has 4 nitrogen and oxygen atoms in total. The van der Waals surface area contributed by atoms with E-state index in [2.05, 4.69) is 26.2 Å². The maximum Gasteiger partial charge on any atom is 0.152 e. The zero-order valence-corrected chi connectivity index (χ0v) is 11.3. The molecule has 0 bridgehead atoms. The van der Waals surface area contributed by atoms with Crippen LogP contribution in [0.25, 0.3) is 0 Å². The average Bonchev–Trinajstić information content (AvgIpc) is 2.51. The molecule has 1 aliphatic rings. The summed E-state index contributed by atoms with van der Waals surface area (Å²) in [5.74, 6) is 1.19. The van der Waals surface area contributed by atoms with E-state index in [0.29, 0.717) is 12.2 Å². The predicted molar refractivity (Wildman–Crippen MR) is 67.4 cm³/mol. The third kappa shape index (κ3) is 2.74. The third-order valence-electron chi connectivity index (χ3n) is 2.55. The van der Waals surface area contributed by atoms with Crippen LogP contribution >= 0.6 is 15.9 Å². The molecule has 0 spiro atoms. The second-order valence-electron chi connectivity index (χ2n) is 4.09. The number of hydrogen-bond acceptors (Lipinski definition) is 4. The second-order valence-corrected chi connectivity index (χ2v) is 7.17. The Morgan fingerprint density at radius 3 is 2.88 bits per heavy atom. The van der Waals surface area contributed by atoms with Gasteiger partial charge in [0.1, 0.15) is 5.82 Å². The molecule has 2 rings (SSSR count). The van der Waals surface area contributed by atoms with Crippen molar-refractivity contribution >= 4 is 31.6 Å². The van der Waals surface area contributed by atoms with E-state index in [1.54, 1.807) is 6.20 Å². The van der Waals surface area contributed by atoms with Gasteiger partial charge in [0, 0.05) is 12.2 Å². The molecule has 0 aliphatic carbocycles. The molecule has 0 aromatic carbocycles. The smallest absolute Gasteiger partial charge is 0.152 e. The van der Waals surface area contributed by atoms with Gasteiger partial charge in [0.2, 0.25) is 0 Å². The second kappa shape index (κ2) is 4.33. The van der Waals surface area contributed by atoms with Crippen LogP contribution in [0.4, 0.5) is 5.82 Å². The quantitative estimate of drug-likeness (QED) is 0.904. The summed E-state index contributed by atoms with van der Waals surface area (Å²) in [7, 11) is -2.84. The summed E-state index contributed by atoms with van der Waals surface area (Å²) >= 11 is 3.41. The number of aryl methyl sites for hydroxylation is 1. The number of pyridine rings is 1. The molecule has 1 unspecified atom stereocenters. The van der Waals surface area contributed by atoms with E-state index in [1.807, 2.05) is 13.0 Å². The highest BCUT2D eigenvalue weighted by molar-refractivity contribution is 9.10. The fraction of sp³-hybridized carbons (Fsp3) is 0.500. The molecule has 1 aliphatic heterocycles. The topological polar surface area (TPSA) is 59.1 Å². The Morgan fingerprint density at radius 1 is 1.56 bits per heavy atom. The van der Waals surface area contributed by atoms with Crippen molar-refractivity contribution in [3.05, 3.63) is 22.3 Å². The van der Waals surface area contributed by atoms with Crippen molar-refractivity contribution in [2.24, 2.45) is 0 Å². The van der Waals surface area contributed by atoms with E-state index < -0.39 is 9.84 Å². The largest absolute Gasteiger partial charge is 0.365 e. The number of halogens is 1. The summed E-state index contributed by atoms with van der Waals surface area (Å²) in [6.07, 6.45) is 2.42. The van der Waals surface area contributed by atoms with Crippen LogP contribution in [-0.4, -0.2) is 30.9 Å². The first-order valence-electron chi connectivity index (χ1n) is 5.05. The lowest BCUT2D eigenvalue weighted by Gasteiger charge is -2.12. The molecule has 0 radical (unpaired) electrons. The van der Waals surface area contributed by atoms with Gasteiger partial charge in [-0.2, -0.15) is 0 Å². The van der Waals surface area contributed by atoms with Crippen molar-refractivity contribution in [2.75, 3.05) is 16.8 Å². The summed E-state index contributed by atoms with van der Waals surface area (Å²) in [6, 6.07) is 1.94. The van der Waals surface area contributed by atoms with E-state index in [9.17, 15) is 8.42 Å². The Bertz CT molecular complexity index is 502. The molecule has 0 amide bonds. The highest BCUT2D eigenvalue weighted by Crippen LogP contribution is 2.23. The predicted octanol–water partition coefficient (Wildman–Crippen LogP) is 1.75. The molecular formula is C10H13BrN2O2S. The van der Waals surface area contributed by atoms with Gasteiger partial charge in [-0.05, 0) is 40.9 Å². The zero-order valence-electron chi connectivity index (χ0n) is 8.90. The van der Waals surface area contributed by atoms with E-state index in [0.717, 1.165) is 10.0 Å². The van der Waals surface area contributed by atoms with Crippen LogP contribution in [0, 0.1) is 6.92 Å². The maximum absolute atomic E-state index is 11.3. The first-order chi connectivity index (χ1) is 7.46. The number of nitrogens with one attached hydrogen (secondary N) is 1. The van der Waals surface area contributed by atoms with Gasteiger partial charge in [-0.15, -0.1) is 0 Å². The zero-order chi connectivity index (χ0) is 11.8. The van der Waals surface area contributed by atoms with E-state index >= 15 is 0 Å². The van der Waals surface area contributed by atoms with Crippen molar-refractivity contribution in [3.8, 4) is 0 Å². The lowest BCUT2D eigenvalue weighted by molar-refractivity contribution is 0.602. The number of anilines is 1. The van der Waals surface area contributed by atoms with Crippen molar-refractivity contribution < 1.29 is 8.42 Å². The molecule has 1 N–H and O–H groups in total. The van der Waals surface area contributed by atoms with Gasteiger partial charge in [0.15, 0.2) is 9.84 Å². The molecule has 1 saturated heterocycles. The minimum Gasteiger partial charge on any atom is -0.365 e. The molecule has 2 heterocycles. The van der Waals surface area contributed by atoms with Gasteiger partial charge in [-0.25, -0.2) is 13.4 Å². The van der Waals surface area contributed by atoms with Crippen molar-refractivity contribution in [1.29, 1.82) is 0 Å². The van der Waals surface area contributed by atoms with Crippen LogP contribution in [0.3, 0.4) is 0 Å².